The quantitative estimate of drug-likeness (QED) is 0.376. The summed E-state index contributed by atoms with van der Waals surface area (Å²) in [6.07, 6.45) is 9.82. The topological polar surface area (TPSA) is 46.5 Å². The SMILES string of the molecule is C=CCCCCCCO[PH](=O)O.CCCC. The normalized spacial score (nSPS) is 11.4. The van der Waals surface area contributed by atoms with E-state index in [0.29, 0.717) is 6.61 Å². The van der Waals surface area contributed by atoms with E-state index >= 15 is 0 Å². The van der Waals surface area contributed by atoms with Gasteiger partial charge in [0.2, 0.25) is 0 Å². The van der Waals surface area contributed by atoms with Gasteiger partial charge in [0.1, 0.15) is 0 Å². The first-order chi connectivity index (χ1) is 7.68. The summed E-state index contributed by atoms with van der Waals surface area (Å²) >= 11 is 0. The molecule has 4 heteroatoms. The summed E-state index contributed by atoms with van der Waals surface area (Å²) in [4.78, 5) is 8.30. The molecular formula is C12H27O3P. The molecule has 0 amide bonds. The maximum atomic E-state index is 10.1. The van der Waals surface area contributed by atoms with Crippen LogP contribution in [0.3, 0.4) is 0 Å². The molecule has 0 aromatic carbocycles. The molecule has 3 nitrogen and oxygen atoms in total. The zero-order chi connectivity index (χ0) is 12.6. The van der Waals surface area contributed by atoms with E-state index in [1.807, 2.05) is 6.08 Å². The van der Waals surface area contributed by atoms with E-state index in [0.717, 1.165) is 32.1 Å². The Labute approximate surface area is 101 Å². The highest BCUT2D eigenvalue weighted by atomic mass is 31.1. The Morgan fingerprint density at radius 1 is 1.19 bits per heavy atom. The monoisotopic (exact) mass is 250 g/mol. The first kappa shape index (κ1) is 18.3. The summed E-state index contributed by atoms with van der Waals surface area (Å²) in [5, 5.41) is 0. The van der Waals surface area contributed by atoms with Gasteiger partial charge in [0.25, 0.3) is 0 Å². The van der Waals surface area contributed by atoms with Gasteiger partial charge in [-0.25, -0.2) is 0 Å². The molecule has 0 aliphatic rings. The summed E-state index contributed by atoms with van der Waals surface area (Å²) < 4.78 is 14.6. The van der Waals surface area contributed by atoms with Crippen LogP contribution in [0, 0.1) is 0 Å². The van der Waals surface area contributed by atoms with Crippen LogP contribution in [0.25, 0.3) is 0 Å². The summed E-state index contributed by atoms with van der Waals surface area (Å²) in [6, 6.07) is 0. The Hall–Kier alpha value is -0.110. The maximum Gasteiger partial charge on any atom is 0.316 e. The van der Waals surface area contributed by atoms with Gasteiger partial charge in [0, 0.05) is 0 Å². The van der Waals surface area contributed by atoms with Gasteiger partial charge in [-0.2, -0.15) is 0 Å². The van der Waals surface area contributed by atoms with Crippen LogP contribution in [0.15, 0.2) is 12.7 Å². The van der Waals surface area contributed by atoms with Gasteiger partial charge in [0.05, 0.1) is 6.61 Å². The Morgan fingerprint density at radius 2 is 1.75 bits per heavy atom. The van der Waals surface area contributed by atoms with Crippen molar-refractivity contribution in [3.05, 3.63) is 12.7 Å². The number of hydrogen-bond donors (Lipinski definition) is 1. The predicted molar refractivity (Wildman–Crippen MR) is 71.0 cm³/mol. The second-order valence-electron chi connectivity index (χ2n) is 3.61. The minimum absolute atomic E-state index is 0.405. The van der Waals surface area contributed by atoms with Gasteiger partial charge in [-0.3, -0.25) is 4.57 Å². The van der Waals surface area contributed by atoms with Crippen molar-refractivity contribution in [1.29, 1.82) is 0 Å². The first-order valence-electron chi connectivity index (χ1n) is 6.15. The molecule has 0 bridgehead atoms. The third-order valence-corrected chi connectivity index (χ3v) is 2.48. The van der Waals surface area contributed by atoms with Crippen molar-refractivity contribution in [1.82, 2.24) is 0 Å². The third-order valence-electron chi connectivity index (χ3n) is 2.03. The van der Waals surface area contributed by atoms with Gasteiger partial charge >= 0.3 is 8.25 Å². The molecule has 1 unspecified atom stereocenters. The molecule has 0 spiro atoms. The molecule has 0 aliphatic heterocycles. The molecule has 0 heterocycles. The highest BCUT2D eigenvalue weighted by Gasteiger charge is 1.92. The van der Waals surface area contributed by atoms with E-state index in [9.17, 15) is 4.57 Å². The molecule has 0 rings (SSSR count). The molecule has 0 fully saturated rings. The van der Waals surface area contributed by atoms with Gasteiger partial charge in [-0.05, 0) is 19.3 Å². The van der Waals surface area contributed by atoms with E-state index < -0.39 is 8.25 Å². The molecule has 0 saturated carbocycles. The van der Waals surface area contributed by atoms with Crippen molar-refractivity contribution < 1.29 is 14.0 Å². The zero-order valence-electron chi connectivity index (χ0n) is 10.7. The summed E-state index contributed by atoms with van der Waals surface area (Å²) in [5.41, 5.74) is 0. The Balaban J connectivity index is 0. The zero-order valence-corrected chi connectivity index (χ0v) is 11.7. The smallest absolute Gasteiger partial charge is 0.316 e. The van der Waals surface area contributed by atoms with Crippen molar-refractivity contribution in [2.24, 2.45) is 0 Å². The molecule has 0 aliphatic carbocycles. The van der Waals surface area contributed by atoms with Crippen molar-refractivity contribution >= 4 is 8.25 Å². The summed E-state index contributed by atoms with van der Waals surface area (Å²) in [7, 11) is -2.70. The Morgan fingerprint density at radius 3 is 2.19 bits per heavy atom. The fraction of sp³-hybridized carbons (Fsp3) is 0.833. The van der Waals surface area contributed by atoms with E-state index in [2.05, 4.69) is 25.0 Å². The molecule has 0 aromatic heterocycles. The average molecular weight is 250 g/mol. The lowest BCUT2D eigenvalue weighted by molar-refractivity contribution is 0.273. The van der Waals surface area contributed by atoms with Crippen molar-refractivity contribution in [2.45, 2.75) is 58.8 Å². The lowest BCUT2D eigenvalue weighted by Gasteiger charge is -1.99. The summed E-state index contributed by atoms with van der Waals surface area (Å²) in [5.74, 6) is 0. The second-order valence-corrected chi connectivity index (χ2v) is 4.43. The molecule has 0 aromatic rings. The maximum absolute atomic E-state index is 10.1. The molecule has 0 saturated heterocycles. The molecular weight excluding hydrogens is 223 g/mol. The second kappa shape index (κ2) is 17.3. The van der Waals surface area contributed by atoms with Crippen molar-refractivity contribution in [3.63, 3.8) is 0 Å². The standard InChI is InChI=1S/C8H17O3P.C4H10/c1-2-3-4-5-6-7-8-11-12(9)10;1-3-4-2/h2,12H,1,3-8H2,(H,9,10);3-4H2,1-2H3. The van der Waals surface area contributed by atoms with Gasteiger partial charge in [0.15, 0.2) is 0 Å². The number of allylic oxidation sites excluding steroid dienone is 1. The minimum atomic E-state index is -2.70. The predicted octanol–water partition coefficient (Wildman–Crippen LogP) is 4.33. The van der Waals surface area contributed by atoms with Gasteiger partial charge in [-0.15, -0.1) is 6.58 Å². The van der Waals surface area contributed by atoms with E-state index in [1.54, 1.807) is 0 Å². The third kappa shape index (κ3) is 23.6. The van der Waals surface area contributed by atoms with Gasteiger partial charge < -0.3 is 9.42 Å². The lowest BCUT2D eigenvalue weighted by Crippen LogP contribution is -1.86. The van der Waals surface area contributed by atoms with E-state index in [1.165, 1.54) is 12.8 Å². The molecule has 98 valence electrons. The van der Waals surface area contributed by atoms with Crippen LogP contribution >= 0.6 is 8.25 Å². The first-order valence-corrected chi connectivity index (χ1v) is 7.41. The fourth-order valence-corrected chi connectivity index (χ4v) is 1.22. The van der Waals surface area contributed by atoms with Crippen LogP contribution in [0.4, 0.5) is 0 Å². The van der Waals surface area contributed by atoms with Crippen LogP contribution in [0.2, 0.25) is 0 Å². The summed E-state index contributed by atoms with van der Waals surface area (Å²) in [6.45, 7) is 8.39. The van der Waals surface area contributed by atoms with Gasteiger partial charge in [-0.1, -0.05) is 45.6 Å². The highest BCUT2D eigenvalue weighted by molar-refractivity contribution is 7.32. The van der Waals surface area contributed by atoms with E-state index in [4.69, 9.17) is 4.89 Å². The van der Waals surface area contributed by atoms with E-state index in [-0.39, 0.29) is 0 Å². The molecule has 1 N–H and O–H groups in total. The molecule has 1 atom stereocenters. The Bertz CT molecular complexity index is 158. The number of hydrogen-bond acceptors (Lipinski definition) is 2. The highest BCUT2D eigenvalue weighted by Crippen LogP contribution is 2.15. The minimum Gasteiger partial charge on any atom is -0.326 e. The fourth-order valence-electron chi connectivity index (χ4n) is 0.904. The largest absolute Gasteiger partial charge is 0.326 e. The van der Waals surface area contributed by atoms with Crippen LogP contribution < -0.4 is 0 Å². The molecule has 0 radical (unpaired) electrons. The Kier molecular flexibility index (Phi) is 19.7. The van der Waals surface area contributed by atoms with Crippen LogP contribution in [-0.2, 0) is 9.09 Å². The van der Waals surface area contributed by atoms with Crippen LogP contribution in [0.5, 0.6) is 0 Å². The van der Waals surface area contributed by atoms with Crippen molar-refractivity contribution in [2.75, 3.05) is 6.61 Å². The van der Waals surface area contributed by atoms with Crippen LogP contribution in [-0.4, -0.2) is 11.5 Å². The lowest BCUT2D eigenvalue weighted by atomic mass is 10.1. The number of unbranched alkanes of at least 4 members (excludes halogenated alkanes) is 5. The molecule has 16 heavy (non-hydrogen) atoms. The van der Waals surface area contributed by atoms with Crippen LogP contribution in [0.1, 0.15) is 58.8 Å². The number of rotatable bonds is 9. The van der Waals surface area contributed by atoms with Crippen molar-refractivity contribution in [3.8, 4) is 0 Å². The average Bonchev–Trinajstić information content (AvgIpc) is 2.28.